The van der Waals surface area contributed by atoms with E-state index in [1.807, 2.05) is 0 Å². The van der Waals surface area contributed by atoms with E-state index in [0.29, 0.717) is 32.9 Å². The minimum Gasteiger partial charge on any atom is -0.481 e. The van der Waals surface area contributed by atoms with Crippen molar-refractivity contribution in [3.05, 3.63) is 0 Å². The van der Waals surface area contributed by atoms with Crippen LogP contribution in [0.25, 0.3) is 0 Å². The number of carbonyl (C=O) groups excluding carboxylic acids is 1. The van der Waals surface area contributed by atoms with Crippen LogP contribution >= 0.6 is 0 Å². The third-order valence-corrected chi connectivity index (χ3v) is 3.00. The van der Waals surface area contributed by atoms with Crippen LogP contribution in [-0.4, -0.2) is 68.1 Å². The van der Waals surface area contributed by atoms with Gasteiger partial charge in [0, 0.05) is 26.2 Å². The number of ether oxygens (including phenoxy) is 2. The van der Waals surface area contributed by atoms with Crippen molar-refractivity contribution in [3.63, 3.8) is 0 Å². The summed E-state index contributed by atoms with van der Waals surface area (Å²) < 4.78 is 10.1. The first-order chi connectivity index (χ1) is 9.15. The Balaban J connectivity index is 2.19. The summed E-state index contributed by atoms with van der Waals surface area (Å²) in [6, 6.07) is -0.397. The molecule has 7 nitrogen and oxygen atoms in total. The number of rotatable bonds is 8. The third-order valence-electron chi connectivity index (χ3n) is 3.00. The molecule has 1 saturated heterocycles. The highest BCUT2D eigenvalue weighted by Gasteiger charge is 2.29. The molecule has 1 atom stereocenters. The van der Waals surface area contributed by atoms with Gasteiger partial charge in [0.1, 0.15) is 0 Å². The molecule has 2 amide bonds. The molecule has 110 valence electrons. The maximum Gasteiger partial charge on any atom is 0.317 e. The van der Waals surface area contributed by atoms with Crippen LogP contribution in [0.2, 0.25) is 0 Å². The van der Waals surface area contributed by atoms with Crippen molar-refractivity contribution in [1.82, 2.24) is 10.2 Å². The van der Waals surface area contributed by atoms with Gasteiger partial charge in [-0.2, -0.15) is 0 Å². The predicted octanol–water partition coefficient (Wildman–Crippen LogP) is 0.298. The molecule has 19 heavy (non-hydrogen) atoms. The largest absolute Gasteiger partial charge is 0.481 e. The molecule has 7 heteroatoms. The van der Waals surface area contributed by atoms with Crippen molar-refractivity contribution in [3.8, 4) is 0 Å². The molecule has 1 fully saturated rings. The first-order valence-electron chi connectivity index (χ1n) is 6.48. The number of likely N-dealkylation sites (tertiary alicyclic amines) is 1. The van der Waals surface area contributed by atoms with Gasteiger partial charge in [-0.1, -0.05) is 0 Å². The lowest BCUT2D eigenvalue weighted by molar-refractivity contribution is -0.137. The van der Waals surface area contributed by atoms with Crippen LogP contribution in [0.1, 0.15) is 19.3 Å². The lowest BCUT2D eigenvalue weighted by Crippen LogP contribution is -2.44. The third kappa shape index (κ3) is 5.89. The topological polar surface area (TPSA) is 88.1 Å². The quantitative estimate of drug-likeness (QED) is 0.621. The Hall–Kier alpha value is -1.34. The predicted molar refractivity (Wildman–Crippen MR) is 68.1 cm³/mol. The summed E-state index contributed by atoms with van der Waals surface area (Å²) in [6.45, 7) is 2.48. The SMILES string of the molecule is COCCOCCNC(=O)N1CCCC1CC(=O)O. The van der Waals surface area contributed by atoms with Crippen LogP contribution in [0, 0.1) is 0 Å². The van der Waals surface area contributed by atoms with Gasteiger partial charge in [0.05, 0.1) is 26.2 Å². The fourth-order valence-corrected chi connectivity index (χ4v) is 2.09. The summed E-state index contributed by atoms with van der Waals surface area (Å²) in [4.78, 5) is 24.2. The molecule has 1 rings (SSSR count). The standard InChI is InChI=1S/C12H22N2O5/c1-18-7-8-19-6-4-13-12(17)14-5-2-3-10(14)9-11(15)16/h10H,2-9H2,1H3,(H,13,17)(H,15,16). The molecule has 0 aromatic heterocycles. The van der Waals surface area contributed by atoms with E-state index in [0.717, 1.165) is 12.8 Å². The maximum absolute atomic E-state index is 11.9. The smallest absolute Gasteiger partial charge is 0.317 e. The minimum absolute atomic E-state index is 0.0117. The van der Waals surface area contributed by atoms with Gasteiger partial charge in [-0.3, -0.25) is 4.79 Å². The average Bonchev–Trinajstić information content (AvgIpc) is 2.80. The second-order valence-electron chi connectivity index (χ2n) is 4.42. The average molecular weight is 274 g/mol. The highest BCUT2D eigenvalue weighted by atomic mass is 16.5. The summed E-state index contributed by atoms with van der Waals surface area (Å²) in [5, 5.41) is 11.5. The van der Waals surface area contributed by atoms with E-state index in [9.17, 15) is 9.59 Å². The second kappa shape index (κ2) is 8.71. The number of nitrogens with zero attached hydrogens (tertiary/aromatic N) is 1. The van der Waals surface area contributed by atoms with Gasteiger partial charge < -0.3 is 24.8 Å². The van der Waals surface area contributed by atoms with E-state index in [2.05, 4.69) is 5.32 Å². The van der Waals surface area contributed by atoms with Crippen molar-refractivity contribution in [1.29, 1.82) is 0 Å². The number of hydrogen-bond donors (Lipinski definition) is 2. The Morgan fingerprint density at radius 3 is 2.84 bits per heavy atom. The number of carboxylic acids is 1. The van der Waals surface area contributed by atoms with Crippen LogP contribution in [0.5, 0.6) is 0 Å². The van der Waals surface area contributed by atoms with Crippen molar-refractivity contribution >= 4 is 12.0 Å². The Morgan fingerprint density at radius 2 is 2.16 bits per heavy atom. The van der Waals surface area contributed by atoms with Crippen LogP contribution in [0.15, 0.2) is 0 Å². The van der Waals surface area contributed by atoms with Crippen molar-refractivity contribution in [2.75, 3.05) is 40.0 Å². The van der Waals surface area contributed by atoms with E-state index in [-0.39, 0.29) is 18.5 Å². The zero-order chi connectivity index (χ0) is 14.1. The molecule has 0 saturated carbocycles. The Morgan fingerprint density at radius 1 is 1.37 bits per heavy atom. The number of methoxy groups -OCH3 is 1. The normalized spacial score (nSPS) is 18.6. The minimum atomic E-state index is -0.868. The van der Waals surface area contributed by atoms with Gasteiger partial charge in [-0.15, -0.1) is 0 Å². The van der Waals surface area contributed by atoms with E-state index in [1.165, 1.54) is 0 Å². The molecule has 1 unspecified atom stereocenters. The molecule has 0 aromatic carbocycles. The van der Waals surface area contributed by atoms with E-state index in [4.69, 9.17) is 14.6 Å². The second-order valence-corrected chi connectivity index (χ2v) is 4.42. The van der Waals surface area contributed by atoms with Crippen LogP contribution in [0.4, 0.5) is 4.79 Å². The zero-order valence-corrected chi connectivity index (χ0v) is 11.3. The molecular weight excluding hydrogens is 252 g/mol. The number of hydrogen-bond acceptors (Lipinski definition) is 4. The fourth-order valence-electron chi connectivity index (χ4n) is 2.09. The monoisotopic (exact) mass is 274 g/mol. The number of carbonyl (C=O) groups is 2. The number of urea groups is 1. The summed E-state index contributed by atoms with van der Waals surface area (Å²) in [7, 11) is 1.60. The zero-order valence-electron chi connectivity index (χ0n) is 11.3. The molecule has 0 aliphatic carbocycles. The molecule has 0 bridgehead atoms. The van der Waals surface area contributed by atoms with Crippen molar-refractivity contribution in [2.45, 2.75) is 25.3 Å². The van der Waals surface area contributed by atoms with Crippen molar-refractivity contribution < 1.29 is 24.2 Å². The highest BCUT2D eigenvalue weighted by Crippen LogP contribution is 2.19. The lowest BCUT2D eigenvalue weighted by atomic mass is 10.1. The van der Waals surface area contributed by atoms with Gasteiger partial charge >= 0.3 is 12.0 Å². The first-order valence-corrected chi connectivity index (χ1v) is 6.48. The number of carboxylic acid groups (broad SMARTS) is 1. The van der Waals surface area contributed by atoms with E-state index >= 15 is 0 Å². The van der Waals surface area contributed by atoms with Gasteiger partial charge in [-0.25, -0.2) is 4.79 Å². The van der Waals surface area contributed by atoms with E-state index in [1.54, 1.807) is 12.0 Å². The molecule has 1 aliphatic rings. The molecule has 0 aromatic rings. The fraction of sp³-hybridized carbons (Fsp3) is 0.833. The molecule has 1 aliphatic heterocycles. The number of amides is 2. The Bertz CT molecular complexity index is 298. The number of nitrogens with one attached hydrogen (secondary N) is 1. The molecule has 2 N–H and O–H groups in total. The van der Waals surface area contributed by atoms with Gasteiger partial charge in [0.15, 0.2) is 0 Å². The summed E-state index contributed by atoms with van der Waals surface area (Å²) >= 11 is 0. The molecule has 1 heterocycles. The van der Waals surface area contributed by atoms with Gasteiger partial charge in [0.25, 0.3) is 0 Å². The Labute approximate surface area is 112 Å². The maximum atomic E-state index is 11.9. The molecular formula is C12H22N2O5. The first kappa shape index (κ1) is 15.7. The summed E-state index contributed by atoms with van der Waals surface area (Å²) in [6.07, 6.45) is 1.62. The van der Waals surface area contributed by atoms with Crippen LogP contribution in [-0.2, 0) is 14.3 Å². The van der Waals surface area contributed by atoms with Crippen LogP contribution in [0.3, 0.4) is 0 Å². The highest BCUT2D eigenvalue weighted by molar-refractivity contribution is 5.76. The van der Waals surface area contributed by atoms with E-state index < -0.39 is 5.97 Å². The van der Waals surface area contributed by atoms with Crippen molar-refractivity contribution in [2.24, 2.45) is 0 Å². The molecule has 0 spiro atoms. The summed E-state index contributed by atoms with van der Waals surface area (Å²) in [5.74, 6) is -0.868. The summed E-state index contributed by atoms with van der Waals surface area (Å²) in [5.41, 5.74) is 0. The van der Waals surface area contributed by atoms with Gasteiger partial charge in [0.2, 0.25) is 0 Å². The number of aliphatic carboxylic acids is 1. The van der Waals surface area contributed by atoms with Gasteiger partial charge in [-0.05, 0) is 12.8 Å². The lowest BCUT2D eigenvalue weighted by Gasteiger charge is -2.23. The molecule has 0 radical (unpaired) electrons. The Kier molecular flexibility index (Phi) is 7.20. The van der Waals surface area contributed by atoms with Crippen LogP contribution < -0.4 is 5.32 Å².